The lowest BCUT2D eigenvalue weighted by Crippen LogP contribution is -2.44. The molecule has 1 aromatic rings. The Bertz CT molecular complexity index is 576. The zero-order valence-corrected chi connectivity index (χ0v) is 17.0. The largest absolute Gasteiger partial charge is 0.392 e. The van der Waals surface area contributed by atoms with Gasteiger partial charge in [0.2, 0.25) is 5.91 Å². The Labute approximate surface area is 161 Å². The van der Waals surface area contributed by atoms with Gasteiger partial charge in [0.15, 0.2) is 0 Å². The number of rotatable bonds is 8. The van der Waals surface area contributed by atoms with Gasteiger partial charge in [-0.15, -0.1) is 0 Å². The molecule has 1 fully saturated rings. The van der Waals surface area contributed by atoms with E-state index in [4.69, 9.17) is 12.2 Å². The standard InChI is InChI=1S/C20H29NO2S2/c1-4-5-7-12-17(22)18(14(2)3)19(23)21-16(13-25-20(21)24)15-10-8-6-9-11-15/h6,8-11,14,16-18,22H,4-5,7,12-13H2,1-3H3/t16-,17-,18+/m1/s1. The predicted molar refractivity (Wildman–Crippen MR) is 110 cm³/mol. The molecular weight excluding hydrogens is 350 g/mol. The lowest BCUT2D eigenvalue weighted by atomic mass is 9.86. The van der Waals surface area contributed by atoms with Crippen LogP contribution in [0.1, 0.15) is 58.1 Å². The number of aliphatic hydroxyl groups excluding tert-OH is 1. The van der Waals surface area contributed by atoms with Crippen molar-refractivity contribution in [1.29, 1.82) is 0 Å². The van der Waals surface area contributed by atoms with E-state index in [1.807, 2.05) is 44.2 Å². The van der Waals surface area contributed by atoms with Gasteiger partial charge in [-0.2, -0.15) is 0 Å². The molecule has 0 radical (unpaired) electrons. The summed E-state index contributed by atoms with van der Waals surface area (Å²) >= 11 is 7.03. The van der Waals surface area contributed by atoms with Gasteiger partial charge in [0.05, 0.1) is 18.1 Å². The van der Waals surface area contributed by atoms with Crippen molar-refractivity contribution in [3.05, 3.63) is 35.9 Å². The molecule has 1 saturated heterocycles. The molecule has 2 rings (SSSR count). The fraction of sp³-hybridized carbons (Fsp3) is 0.600. The van der Waals surface area contributed by atoms with Crippen LogP contribution in [0.4, 0.5) is 0 Å². The first-order valence-electron chi connectivity index (χ1n) is 9.20. The topological polar surface area (TPSA) is 40.5 Å². The maximum Gasteiger partial charge on any atom is 0.234 e. The van der Waals surface area contributed by atoms with Crippen LogP contribution in [0.3, 0.4) is 0 Å². The third-order valence-electron chi connectivity index (χ3n) is 4.82. The molecule has 1 aliphatic rings. The summed E-state index contributed by atoms with van der Waals surface area (Å²) in [6.07, 6.45) is 3.21. The lowest BCUT2D eigenvalue weighted by molar-refractivity contribution is -0.138. The summed E-state index contributed by atoms with van der Waals surface area (Å²) in [6, 6.07) is 10.0. The summed E-state index contributed by atoms with van der Waals surface area (Å²) in [7, 11) is 0. The molecule has 1 aliphatic heterocycles. The first kappa shape index (κ1) is 20.4. The van der Waals surface area contributed by atoms with E-state index in [2.05, 4.69) is 6.92 Å². The van der Waals surface area contributed by atoms with E-state index in [0.717, 1.165) is 30.6 Å². The minimum absolute atomic E-state index is 0.0251. The second-order valence-corrected chi connectivity index (χ2v) is 8.70. The van der Waals surface area contributed by atoms with Crippen molar-refractivity contribution in [3.63, 3.8) is 0 Å². The van der Waals surface area contributed by atoms with E-state index in [1.54, 1.807) is 16.7 Å². The second kappa shape index (κ2) is 9.70. The minimum atomic E-state index is -0.608. The molecule has 138 valence electrons. The van der Waals surface area contributed by atoms with Crippen molar-refractivity contribution in [2.75, 3.05) is 5.75 Å². The van der Waals surface area contributed by atoms with Crippen LogP contribution in [0.15, 0.2) is 30.3 Å². The molecular formula is C20H29NO2S2. The summed E-state index contributed by atoms with van der Waals surface area (Å²) in [5.41, 5.74) is 1.10. The Hall–Kier alpha value is -0.910. The van der Waals surface area contributed by atoms with Gasteiger partial charge in [0.25, 0.3) is 0 Å². The average Bonchev–Trinajstić information content (AvgIpc) is 2.97. The third kappa shape index (κ3) is 5.05. The molecule has 1 aromatic carbocycles. The number of carbonyl (C=O) groups is 1. The molecule has 5 heteroatoms. The number of hydrogen-bond acceptors (Lipinski definition) is 4. The number of unbranched alkanes of at least 4 members (excludes halogenated alkanes) is 2. The molecule has 0 bridgehead atoms. The van der Waals surface area contributed by atoms with E-state index in [1.165, 1.54) is 0 Å². The maximum absolute atomic E-state index is 13.3. The number of benzene rings is 1. The Balaban J connectivity index is 2.19. The Kier molecular flexibility index (Phi) is 7.91. The van der Waals surface area contributed by atoms with E-state index < -0.39 is 12.0 Å². The number of aliphatic hydroxyl groups is 1. The third-order valence-corrected chi connectivity index (χ3v) is 6.29. The van der Waals surface area contributed by atoms with Crippen molar-refractivity contribution < 1.29 is 9.90 Å². The zero-order chi connectivity index (χ0) is 18.4. The van der Waals surface area contributed by atoms with Gasteiger partial charge in [0, 0.05) is 5.75 Å². The molecule has 0 saturated carbocycles. The van der Waals surface area contributed by atoms with Crippen molar-refractivity contribution >= 4 is 34.2 Å². The van der Waals surface area contributed by atoms with E-state index in [0.29, 0.717) is 10.7 Å². The van der Waals surface area contributed by atoms with Gasteiger partial charge in [-0.3, -0.25) is 9.69 Å². The predicted octanol–water partition coefficient (Wildman–Crippen LogP) is 4.80. The maximum atomic E-state index is 13.3. The lowest BCUT2D eigenvalue weighted by Gasteiger charge is -2.32. The Morgan fingerprint density at radius 2 is 2.00 bits per heavy atom. The Morgan fingerprint density at radius 1 is 1.32 bits per heavy atom. The number of carbonyl (C=O) groups excluding carboxylic acids is 1. The van der Waals surface area contributed by atoms with Crippen LogP contribution in [0.2, 0.25) is 0 Å². The highest BCUT2D eigenvalue weighted by molar-refractivity contribution is 8.23. The molecule has 1 heterocycles. The number of amides is 1. The highest BCUT2D eigenvalue weighted by atomic mass is 32.2. The number of thiocarbonyl (C=S) groups is 1. The number of hydrogen-bond donors (Lipinski definition) is 1. The second-order valence-electron chi connectivity index (χ2n) is 7.04. The van der Waals surface area contributed by atoms with Gasteiger partial charge in [-0.1, -0.05) is 94.3 Å². The highest BCUT2D eigenvalue weighted by Gasteiger charge is 2.41. The highest BCUT2D eigenvalue weighted by Crippen LogP contribution is 2.38. The summed E-state index contributed by atoms with van der Waals surface area (Å²) < 4.78 is 0.630. The summed E-state index contributed by atoms with van der Waals surface area (Å²) in [5.74, 6) is 0.433. The van der Waals surface area contributed by atoms with Gasteiger partial charge in [0.1, 0.15) is 4.32 Å². The van der Waals surface area contributed by atoms with Gasteiger partial charge in [-0.25, -0.2) is 0 Å². The van der Waals surface area contributed by atoms with Crippen molar-refractivity contribution in [2.45, 2.75) is 58.6 Å². The fourth-order valence-electron chi connectivity index (χ4n) is 3.42. The van der Waals surface area contributed by atoms with E-state index in [9.17, 15) is 9.90 Å². The molecule has 0 aromatic heterocycles. The molecule has 3 atom stereocenters. The quantitative estimate of drug-likeness (QED) is 0.520. The van der Waals surface area contributed by atoms with Crippen LogP contribution in [-0.4, -0.2) is 32.1 Å². The first-order chi connectivity index (χ1) is 12.0. The molecule has 0 unspecified atom stereocenters. The molecule has 1 N–H and O–H groups in total. The van der Waals surface area contributed by atoms with Crippen molar-refractivity contribution in [2.24, 2.45) is 11.8 Å². The fourth-order valence-corrected chi connectivity index (χ4v) is 4.84. The molecule has 0 aliphatic carbocycles. The van der Waals surface area contributed by atoms with Crippen LogP contribution in [0.5, 0.6) is 0 Å². The van der Waals surface area contributed by atoms with Gasteiger partial charge >= 0.3 is 0 Å². The van der Waals surface area contributed by atoms with Crippen LogP contribution >= 0.6 is 24.0 Å². The molecule has 1 amide bonds. The van der Waals surface area contributed by atoms with Crippen LogP contribution < -0.4 is 0 Å². The smallest absolute Gasteiger partial charge is 0.234 e. The van der Waals surface area contributed by atoms with Crippen LogP contribution in [-0.2, 0) is 4.79 Å². The first-order valence-corrected chi connectivity index (χ1v) is 10.6. The van der Waals surface area contributed by atoms with Crippen molar-refractivity contribution in [3.8, 4) is 0 Å². The van der Waals surface area contributed by atoms with Crippen molar-refractivity contribution in [1.82, 2.24) is 4.90 Å². The average molecular weight is 380 g/mol. The van der Waals surface area contributed by atoms with E-state index in [-0.39, 0.29) is 17.9 Å². The summed E-state index contributed by atoms with van der Waals surface area (Å²) in [5, 5.41) is 10.7. The monoisotopic (exact) mass is 379 g/mol. The number of thioether (sulfide) groups is 1. The molecule has 25 heavy (non-hydrogen) atoms. The minimum Gasteiger partial charge on any atom is -0.392 e. The summed E-state index contributed by atoms with van der Waals surface area (Å²) in [4.78, 5) is 15.1. The Morgan fingerprint density at radius 3 is 2.60 bits per heavy atom. The van der Waals surface area contributed by atoms with Crippen LogP contribution in [0, 0.1) is 11.8 Å². The molecule has 0 spiro atoms. The number of nitrogens with zero attached hydrogens (tertiary/aromatic N) is 1. The summed E-state index contributed by atoms with van der Waals surface area (Å²) in [6.45, 7) is 6.16. The van der Waals surface area contributed by atoms with E-state index >= 15 is 0 Å². The zero-order valence-electron chi connectivity index (χ0n) is 15.4. The normalized spacial score (nSPS) is 20.1. The van der Waals surface area contributed by atoms with Crippen LogP contribution in [0.25, 0.3) is 0 Å². The SMILES string of the molecule is CCCCC[C@@H](O)[C@@H](C(=O)N1C(=S)SC[C@@H]1c1ccccc1)C(C)C. The van der Waals surface area contributed by atoms with Gasteiger partial charge < -0.3 is 5.11 Å². The molecule has 3 nitrogen and oxygen atoms in total. The van der Waals surface area contributed by atoms with Gasteiger partial charge in [-0.05, 0) is 17.9 Å².